The second kappa shape index (κ2) is 11.4. The van der Waals surface area contributed by atoms with E-state index in [1.165, 1.54) is 0 Å². The third kappa shape index (κ3) is 6.49. The number of halogens is 2. The molecule has 6 nitrogen and oxygen atoms in total. The monoisotopic (exact) mass is 496 g/mol. The molecule has 2 heterocycles. The molecule has 0 bridgehead atoms. The number of hydrogen-bond donors (Lipinski definition) is 0. The molecule has 0 N–H and O–H groups in total. The summed E-state index contributed by atoms with van der Waals surface area (Å²) in [4.78, 5) is 35.8. The largest absolute Gasteiger partial charge is 0.339 e. The van der Waals surface area contributed by atoms with Crippen LogP contribution in [0.1, 0.15) is 16.8 Å². The minimum absolute atomic E-state index is 0.0282. The van der Waals surface area contributed by atoms with Gasteiger partial charge in [0.1, 0.15) is 0 Å². The Bertz CT molecular complexity index is 1090. The zero-order chi connectivity index (χ0) is 23.9. The molecule has 0 aliphatic carbocycles. The van der Waals surface area contributed by atoms with E-state index in [1.807, 2.05) is 66.7 Å². The molecule has 8 heteroatoms. The highest BCUT2D eigenvalue weighted by atomic mass is 35.5. The van der Waals surface area contributed by atoms with E-state index in [1.54, 1.807) is 20.9 Å². The molecule has 1 aliphatic heterocycles. The van der Waals surface area contributed by atoms with E-state index in [0.29, 0.717) is 49.3 Å². The van der Waals surface area contributed by atoms with Gasteiger partial charge in [-0.25, -0.2) is 4.79 Å². The third-order valence-corrected chi connectivity index (χ3v) is 6.23. The first kappa shape index (κ1) is 24.0. The van der Waals surface area contributed by atoms with Gasteiger partial charge in [0, 0.05) is 61.2 Å². The number of urea groups is 1. The number of hydrogen-bond acceptors (Lipinski definition) is 3. The quantitative estimate of drug-likeness (QED) is 0.487. The van der Waals surface area contributed by atoms with Crippen LogP contribution in [0, 0.1) is 0 Å². The number of rotatable bonds is 6. The summed E-state index contributed by atoms with van der Waals surface area (Å²) in [5, 5.41) is 1.26. The average molecular weight is 497 g/mol. The van der Waals surface area contributed by atoms with E-state index in [2.05, 4.69) is 4.98 Å². The molecular weight excluding hydrogens is 471 g/mol. The predicted molar refractivity (Wildman–Crippen MR) is 134 cm³/mol. The topological polar surface area (TPSA) is 56.8 Å². The van der Waals surface area contributed by atoms with Crippen LogP contribution in [0.2, 0.25) is 10.0 Å². The molecule has 3 aromatic rings. The van der Waals surface area contributed by atoms with Gasteiger partial charge < -0.3 is 14.7 Å². The lowest BCUT2D eigenvalue weighted by atomic mass is 10.1. The minimum atomic E-state index is -0.0724. The normalized spacial score (nSPS) is 13.6. The number of aromatic nitrogens is 1. The lowest BCUT2D eigenvalue weighted by Gasteiger charge is -2.37. The van der Waals surface area contributed by atoms with Crippen molar-refractivity contribution in [3.63, 3.8) is 0 Å². The first-order chi connectivity index (χ1) is 16.5. The van der Waals surface area contributed by atoms with E-state index < -0.39 is 0 Å². The zero-order valence-corrected chi connectivity index (χ0v) is 20.3. The summed E-state index contributed by atoms with van der Waals surface area (Å²) in [6.45, 7) is 2.80. The van der Waals surface area contributed by atoms with Gasteiger partial charge in [-0.15, -0.1) is 0 Å². The van der Waals surface area contributed by atoms with Crippen LogP contribution in [-0.2, 0) is 24.3 Å². The van der Waals surface area contributed by atoms with Crippen molar-refractivity contribution in [1.29, 1.82) is 0 Å². The molecule has 176 valence electrons. The summed E-state index contributed by atoms with van der Waals surface area (Å²) in [7, 11) is 0. The molecule has 2 aromatic carbocycles. The fourth-order valence-corrected chi connectivity index (χ4v) is 4.44. The number of amides is 3. The van der Waals surface area contributed by atoms with Crippen LogP contribution in [0.5, 0.6) is 0 Å². The van der Waals surface area contributed by atoms with Crippen molar-refractivity contribution in [3.8, 4) is 0 Å². The molecule has 1 aliphatic rings. The van der Waals surface area contributed by atoms with Gasteiger partial charge >= 0.3 is 6.03 Å². The Kier molecular flexibility index (Phi) is 8.03. The number of carbonyl (C=O) groups is 2. The molecule has 4 rings (SSSR count). The fraction of sp³-hybridized carbons (Fsp3) is 0.269. The van der Waals surface area contributed by atoms with E-state index >= 15 is 0 Å². The predicted octanol–water partition coefficient (Wildman–Crippen LogP) is 4.90. The van der Waals surface area contributed by atoms with Crippen LogP contribution in [0.3, 0.4) is 0 Å². The van der Waals surface area contributed by atoms with E-state index in [-0.39, 0.29) is 18.4 Å². The van der Waals surface area contributed by atoms with E-state index in [9.17, 15) is 9.59 Å². The summed E-state index contributed by atoms with van der Waals surface area (Å²) >= 11 is 12.3. The van der Waals surface area contributed by atoms with Crippen LogP contribution in [0.25, 0.3) is 0 Å². The van der Waals surface area contributed by atoms with Gasteiger partial charge in [-0.1, -0.05) is 53.5 Å². The van der Waals surface area contributed by atoms with Gasteiger partial charge in [-0.3, -0.25) is 9.78 Å². The summed E-state index contributed by atoms with van der Waals surface area (Å²) in [5.74, 6) is 0.0282. The van der Waals surface area contributed by atoms with Crippen molar-refractivity contribution < 1.29 is 9.59 Å². The van der Waals surface area contributed by atoms with Crippen molar-refractivity contribution in [2.45, 2.75) is 19.5 Å². The van der Waals surface area contributed by atoms with E-state index in [0.717, 1.165) is 16.8 Å². The zero-order valence-electron chi connectivity index (χ0n) is 18.7. The molecule has 3 amide bonds. The van der Waals surface area contributed by atoms with Gasteiger partial charge in [0.25, 0.3) is 0 Å². The maximum absolute atomic E-state index is 13.5. The summed E-state index contributed by atoms with van der Waals surface area (Å²) in [5.41, 5.74) is 2.65. The van der Waals surface area contributed by atoms with Crippen molar-refractivity contribution in [2.24, 2.45) is 0 Å². The average Bonchev–Trinajstić information content (AvgIpc) is 2.84. The minimum Gasteiger partial charge on any atom is -0.339 e. The van der Waals surface area contributed by atoms with Crippen LogP contribution < -0.4 is 0 Å². The summed E-state index contributed by atoms with van der Waals surface area (Å²) in [6, 6.07) is 20.5. The molecule has 1 aromatic heterocycles. The standard InChI is InChI=1S/C26H26Cl2N4O2/c27-22-7-3-5-20(15-22)18-32(19-21-6-4-8-23(28)16-21)26(34)31-13-11-30(12-14-31)25(33)17-24-9-1-2-10-29-24/h1-10,15-16H,11-14,17-19H2. The highest BCUT2D eigenvalue weighted by molar-refractivity contribution is 6.30. The Morgan fingerprint density at radius 1 is 0.794 bits per heavy atom. The molecule has 0 radical (unpaired) electrons. The van der Waals surface area contributed by atoms with Gasteiger partial charge in [0.15, 0.2) is 0 Å². The van der Waals surface area contributed by atoms with Gasteiger partial charge in [-0.2, -0.15) is 0 Å². The number of pyridine rings is 1. The molecular formula is C26H26Cl2N4O2. The molecule has 34 heavy (non-hydrogen) atoms. The van der Waals surface area contributed by atoms with Crippen molar-refractivity contribution in [2.75, 3.05) is 26.2 Å². The van der Waals surface area contributed by atoms with Crippen LogP contribution >= 0.6 is 23.2 Å². The number of nitrogens with zero attached hydrogens (tertiary/aromatic N) is 4. The molecule has 0 spiro atoms. The lowest BCUT2D eigenvalue weighted by molar-refractivity contribution is -0.132. The maximum Gasteiger partial charge on any atom is 0.320 e. The molecule has 1 fully saturated rings. The number of benzene rings is 2. The Hall–Kier alpha value is -3.09. The molecule has 0 atom stereocenters. The van der Waals surface area contributed by atoms with Gasteiger partial charge in [0.2, 0.25) is 5.91 Å². The van der Waals surface area contributed by atoms with Crippen LogP contribution in [0.4, 0.5) is 4.79 Å². The number of piperazine rings is 1. The van der Waals surface area contributed by atoms with Crippen molar-refractivity contribution in [3.05, 3.63) is 99.8 Å². The maximum atomic E-state index is 13.5. The number of carbonyl (C=O) groups excluding carboxylic acids is 2. The Balaban J connectivity index is 1.42. The third-order valence-electron chi connectivity index (χ3n) is 5.76. The molecule has 0 unspecified atom stereocenters. The van der Waals surface area contributed by atoms with E-state index in [4.69, 9.17) is 23.2 Å². The Morgan fingerprint density at radius 2 is 1.38 bits per heavy atom. The Morgan fingerprint density at radius 3 is 1.91 bits per heavy atom. The van der Waals surface area contributed by atoms with Gasteiger partial charge in [-0.05, 0) is 47.5 Å². The SMILES string of the molecule is O=C(Cc1ccccn1)N1CCN(C(=O)N(Cc2cccc(Cl)c2)Cc2cccc(Cl)c2)CC1. The second-order valence-electron chi connectivity index (χ2n) is 8.26. The first-order valence-electron chi connectivity index (χ1n) is 11.2. The molecule has 0 saturated carbocycles. The summed E-state index contributed by atoms with van der Waals surface area (Å²) in [6.07, 6.45) is 1.96. The van der Waals surface area contributed by atoms with Gasteiger partial charge in [0.05, 0.1) is 6.42 Å². The first-order valence-corrected chi connectivity index (χ1v) is 11.9. The van der Waals surface area contributed by atoms with Crippen LogP contribution in [0.15, 0.2) is 72.9 Å². The molecule has 1 saturated heterocycles. The van der Waals surface area contributed by atoms with Crippen molar-refractivity contribution in [1.82, 2.24) is 19.7 Å². The second-order valence-corrected chi connectivity index (χ2v) is 9.14. The lowest BCUT2D eigenvalue weighted by Crippen LogP contribution is -2.54. The van der Waals surface area contributed by atoms with Crippen molar-refractivity contribution >= 4 is 35.1 Å². The summed E-state index contributed by atoms with van der Waals surface area (Å²) < 4.78 is 0. The highest BCUT2D eigenvalue weighted by Crippen LogP contribution is 2.19. The van der Waals surface area contributed by atoms with Crippen LogP contribution in [-0.4, -0.2) is 57.8 Å². The fourth-order valence-electron chi connectivity index (χ4n) is 4.02. The highest BCUT2D eigenvalue weighted by Gasteiger charge is 2.27. The smallest absolute Gasteiger partial charge is 0.320 e. The Labute approximate surface area is 209 Å².